The molecule has 0 aromatic rings. The summed E-state index contributed by atoms with van der Waals surface area (Å²) >= 11 is 0. The van der Waals surface area contributed by atoms with Crippen LogP contribution >= 0.6 is 0 Å². The van der Waals surface area contributed by atoms with E-state index < -0.39 is 0 Å². The summed E-state index contributed by atoms with van der Waals surface area (Å²) in [7, 11) is 1.47. The Morgan fingerprint density at radius 3 is 2.38 bits per heavy atom. The van der Waals surface area contributed by atoms with Crippen molar-refractivity contribution in [2.75, 3.05) is 7.11 Å². The summed E-state index contributed by atoms with van der Waals surface area (Å²) < 4.78 is 4.86. The fourth-order valence-corrected chi connectivity index (χ4v) is 2.14. The molecule has 1 aliphatic carbocycles. The quantitative estimate of drug-likeness (QED) is 0.485. The summed E-state index contributed by atoms with van der Waals surface area (Å²) in [5.74, 6) is -0.0645. The minimum atomic E-state index is -0.304. The fraction of sp³-hybridized carbons (Fsp3) is 0.727. The van der Waals surface area contributed by atoms with Crippen LogP contribution in [0.15, 0.2) is 12.2 Å². The molecule has 0 aromatic heterocycles. The van der Waals surface area contributed by atoms with Crippen molar-refractivity contribution >= 4 is 5.97 Å². The van der Waals surface area contributed by atoms with Crippen LogP contribution in [0.25, 0.3) is 0 Å². The third kappa shape index (κ3) is 2.11. The second-order valence-corrected chi connectivity index (χ2v) is 3.71. The van der Waals surface area contributed by atoms with Crippen LogP contribution in [0.4, 0.5) is 0 Å². The van der Waals surface area contributed by atoms with Gasteiger partial charge in [0.15, 0.2) is 0 Å². The van der Waals surface area contributed by atoms with Crippen LogP contribution in [0.2, 0.25) is 0 Å². The molecule has 0 unspecified atom stereocenters. The predicted octanol–water partition coefficient (Wildman–Crippen LogP) is 2.69. The number of allylic oxidation sites excluding steroid dienone is 1. The summed E-state index contributed by atoms with van der Waals surface area (Å²) in [6.45, 7) is 1.96. The molecule has 13 heavy (non-hydrogen) atoms. The molecule has 0 spiro atoms. The highest BCUT2D eigenvalue weighted by Gasteiger charge is 2.37. The van der Waals surface area contributed by atoms with Gasteiger partial charge in [-0.15, -0.1) is 0 Å². The zero-order valence-electron chi connectivity index (χ0n) is 8.51. The Kier molecular flexibility index (Phi) is 3.52. The molecule has 2 heteroatoms. The number of carbonyl (C=O) groups is 1. The van der Waals surface area contributed by atoms with E-state index in [0.29, 0.717) is 0 Å². The van der Waals surface area contributed by atoms with E-state index in [1.54, 1.807) is 0 Å². The van der Waals surface area contributed by atoms with Crippen molar-refractivity contribution in [1.29, 1.82) is 0 Å². The van der Waals surface area contributed by atoms with E-state index in [1.165, 1.54) is 13.5 Å². The molecule has 74 valence electrons. The van der Waals surface area contributed by atoms with Gasteiger partial charge in [-0.25, -0.2) is 0 Å². The second kappa shape index (κ2) is 4.45. The molecule has 0 N–H and O–H groups in total. The Balaban J connectivity index is 2.78. The van der Waals surface area contributed by atoms with Crippen molar-refractivity contribution in [3.8, 4) is 0 Å². The van der Waals surface area contributed by atoms with Gasteiger partial charge in [-0.1, -0.05) is 31.4 Å². The summed E-state index contributed by atoms with van der Waals surface area (Å²) in [6, 6.07) is 0. The van der Waals surface area contributed by atoms with E-state index in [2.05, 4.69) is 0 Å². The van der Waals surface area contributed by atoms with Crippen LogP contribution in [0.3, 0.4) is 0 Å². The second-order valence-electron chi connectivity index (χ2n) is 3.71. The molecule has 0 heterocycles. The number of carbonyl (C=O) groups excluding carboxylic acids is 1. The number of hydrogen-bond acceptors (Lipinski definition) is 2. The van der Waals surface area contributed by atoms with E-state index in [9.17, 15) is 4.79 Å². The smallest absolute Gasteiger partial charge is 0.315 e. The van der Waals surface area contributed by atoms with Gasteiger partial charge in [-0.2, -0.15) is 0 Å². The molecule has 0 atom stereocenters. The van der Waals surface area contributed by atoms with Gasteiger partial charge in [0.05, 0.1) is 12.5 Å². The van der Waals surface area contributed by atoms with Crippen LogP contribution in [-0.4, -0.2) is 13.1 Å². The molecule has 0 aromatic carbocycles. The molecule has 0 bridgehead atoms. The van der Waals surface area contributed by atoms with Gasteiger partial charge in [0.25, 0.3) is 0 Å². The third-order valence-corrected chi connectivity index (χ3v) is 2.82. The molecule has 1 rings (SSSR count). The minimum absolute atomic E-state index is 0.0645. The topological polar surface area (TPSA) is 26.3 Å². The van der Waals surface area contributed by atoms with Gasteiger partial charge in [0.2, 0.25) is 0 Å². The molecule has 1 fully saturated rings. The molecule has 0 aliphatic heterocycles. The molecule has 0 amide bonds. The van der Waals surface area contributed by atoms with Gasteiger partial charge in [-0.3, -0.25) is 4.79 Å². The van der Waals surface area contributed by atoms with E-state index in [4.69, 9.17) is 4.74 Å². The first-order valence-electron chi connectivity index (χ1n) is 4.97. The first-order chi connectivity index (χ1) is 6.25. The number of esters is 1. The zero-order chi connectivity index (χ0) is 9.73. The molecule has 0 saturated heterocycles. The minimum Gasteiger partial charge on any atom is -0.468 e. The monoisotopic (exact) mass is 182 g/mol. The van der Waals surface area contributed by atoms with Gasteiger partial charge in [0.1, 0.15) is 0 Å². The van der Waals surface area contributed by atoms with Crippen molar-refractivity contribution in [2.24, 2.45) is 5.41 Å². The lowest BCUT2D eigenvalue weighted by atomic mass is 9.74. The lowest BCUT2D eigenvalue weighted by Crippen LogP contribution is -2.32. The van der Waals surface area contributed by atoms with E-state index in [-0.39, 0.29) is 11.4 Å². The van der Waals surface area contributed by atoms with E-state index in [1.807, 2.05) is 19.1 Å². The lowest BCUT2D eigenvalue weighted by Gasteiger charge is -2.31. The predicted molar refractivity (Wildman–Crippen MR) is 52.3 cm³/mol. The Labute approximate surface area is 80.0 Å². The van der Waals surface area contributed by atoms with Crippen molar-refractivity contribution in [3.05, 3.63) is 12.2 Å². The highest BCUT2D eigenvalue weighted by molar-refractivity contribution is 5.79. The molecule has 2 nitrogen and oxygen atoms in total. The number of hydrogen-bond donors (Lipinski definition) is 0. The van der Waals surface area contributed by atoms with Crippen LogP contribution < -0.4 is 0 Å². The Morgan fingerprint density at radius 1 is 1.31 bits per heavy atom. The van der Waals surface area contributed by atoms with E-state index in [0.717, 1.165) is 25.7 Å². The van der Waals surface area contributed by atoms with Gasteiger partial charge >= 0.3 is 5.97 Å². The number of rotatable bonds is 2. The number of ether oxygens (including phenoxy) is 1. The van der Waals surface area contributed by atoms with Gasteiger partial charge < -0.3 is 4.74 Å². The first-order valence-corrected chi connectivity index (χ1v) is 4.97. The summed E-state index contributed by atoms with van der Waals surface area (Å²) in [4.78, 5) is 11.6. The van der Waals surface area contributed by atoms with Crippen molar-refractivity contribution < 1.29 is 9.53 Å². The van der Waals surface area contributed by atoms with E-state index >= 15 is 0 Å². The molecule has 1 aliphatic rings. The molecule has 0 radical (unpaired) electrons. The highest BCUT2D eigenvalue weighted by Crippen LogP contribution is 2.38. The average Bonchev–Trinajstić information content (AvgIpc) is 2.18. The van der Waals surface area contributed by atoms with Crippen LogP contribution in [0.5, 0.6) is 0 Å². The van der Waals surface area contributed by atoms with Gasteiger partial charge in [-0.05, 0) is 19.8 Å². The third-order valence-electron chi connectivity index (χ3n) is 2.82. The Bertz CT molecular complexity index is 200. The number of methoxy groups -OCH3 is 1. The normalized spacial score (nSPS) is 21.7. The molecular formula is C11H18O2. The average molecular weight is 182 g/mol. The van der Waals surface area contributed by atoms with Crippen molar-refractivity contribution in [2.45, 2.75) is 39.0 Å². The summed E-state index contributed by atoms with van der Waals surface area (Å²) in [5.41, 5.74) is -0.304. The summed E-state index contributed by atoms with van der Waals surface area (Å²) in [6.07, 6.45) is 9.39. The Morgan fingerprint density at radius 2 is 1.92 bits per heavy atom. The first kappa shape index (κ1) is 10.3. The maximum Gasteiger partial charge on any atom is 0.315 e. The standard InChI is InChI=1S/C11H18O2/c1-3-7-11(10(12)13-2)8-5-4-6-9-11/h3,7H,4-6,8-9H2,1-2H3. The molecular weight excluding hydrogens is 164 g/mol. The lowest BCUT2D eigenvalue weighted by molar-refractivity contribution is -0.151. The Hall–Kier alpha value is -0.790. The maximum absolute atomic E-state index is 11.6. The SMILES string of the molecule is CC=CC1(C(=O)OC)CCCCC1. The summed E-state index contributed by atoms with van der Waals surface area (Å²) in [5, 5.41) is 0. The van der Waals surface area contributed by atoms with Crippen LogP contribution in [0.1, 0.15) is 39.0 Å². The van der Waals surface area contributed by atoms with Crippen LogP contribution in [0, 0.1) is 5.41 Å². The highest BCUT2D eigenvalue weighted by atomic mass is 16.5. The van der Waals surface area contributed by atoms with Crippen molar-refractivity contribution in [1.82, 2.24) is 0 Å². The molecule has 1 saturated carbocycles. The largest absolute Gasteiger partial charge is 0.468 e. The fourth-order valence-electron chi connectivity index (χ4n) is 2.14. The van der Waals surface area contributed by atoms with Crippen LogP contribution in [-0.2, 0) is 9.53 Å². The zero-order valence-corrected chi connectivity index (χ0v) is 8.51. The van der Waals surface area contributed by atoms with Crippen molar-refractivity contribution in [3.63, 3.8) is 0 Å². The van der Waals surface area contributed by atoms with Gasteiger partial charge in [0, 0.05) is 0 Å². The maximum atomic E-state index is 11.6.